The van der Waals surface area contributed by atoms with Crippen LogP contribution in [0.4, 0.5) is 17.1 Å². The number of nitrogens with one attached hydrogen (secondary N) is 1. The third-order valence-corrected chi connectivity index (χ3v) is 5.12. The fraction of sp³-hybridized carbons (Fsp3) is 0.300. The monoisotopic (exact) mass is 531 g/mol. The molecule has 2 aromatic rings. The van der Waals surface area contributed by atoms with Gasteiger partial charge >= 0.3 is 0 Å². The number of benzene rings is 2. The van der Waals surface area contributed by atoms with Gasteiger partial charge in [-0.3, -0.25) is 14.5 Å². The molecule has 0 spiro atoms. The number of anilines is 3. The van der Waals surface area contributed by atoms with Crippen LogP contribution in [0.15, 0.2) is 42.5 Å². The van der Waals surface area contributed by atoms with E-state index in [0.29, 0.717) is 40.7 Å². The molecule has 3 N–H and O–H groups in total. The lowest BCUT2D eigenvalue weighted by atomic mass is 10.1. The summed E-state index contributed by atoms with van der Waals surface area (Å²) in [5, 5.41) is 22.0. The summed E-state index contributed by atoms with van der Waals surface area (Å²) < 4.78 is 0.175. The first-order valence-corrected chi connectivity index (χ1v) is 9.34. The number of aliphatic hydroxyl groups excluding tert-OH is 2. The maximum absolute atomic E-state index is 13.4. The van der Waals surface area contributed by atoms with Gasteiger partial charge in [-0.05, 0) is 30.3 Å². The highest BCUT2D eigenvalue weighted by atomic mass is 127. The molecule has 9 heteroatoms. The SMILES string of the molecule is C[N+](CCO)(CCO)CC(=O)N1c2ccc(Cl)cc2NC(=O)c2ccccc21.[I-]. The van der Waals surface area contributed by atoms with Crippen molar-refractivity contribution in [3.8, 4) is 0 Å². The number of para-hydroxylation sites is 1. The van der Waals surface area contributed by atoms with Crippen molar-refractivity contribution >= 4 is 40.5 Å². The summed E-state index contributed by atoms with van der Waals surface area (Å²) in [4.78, 5) is 27.6. The van der Waals surface area contributed by atoms with Gasteiger partial charge < -0.3 is 44.0 Å². The number of fused-ring (bicyclic) bond motifs is 2. The summed E-state index contributed by atoms with van der Waals surface area (Å²) in [6.07, 6.45) is 0. The number of likely N-dealkylation sites (N-methyl/N-ethyl adjacent to an activating group) is 1. The van der Waals surface area contributed by atoms with Crippen LogP contribution in [0.5, 0.6) is 0 Å². The van der Waals surface area contributed by atoms with E-state index in [1.54, 1.807) is 49.5 Å². The van der Waals surface area contributed by atoms with Crippen LogP contribution >= 0.6 is 11.6 Å². The quantitative estimate of drug-likeness (QED) is 0.330. The first-order chi connectivity index (χ1) is 13.4. The molecule has 0 fully saturated rings. The zero-order valence-electron chi connectivity index (χ0n) is 15.9. The molecule has 7 nitrogen and oxygen atoms in total. The first kappa shape index (κ1) is 23.6. The number of carbonyl (C=O) groups excluding carboxylic acids is 2. The molecule has 2 amide bonds. The second-order valence-corrected chi connectivity index (χ2v) is 7.47. The Morgan fingerprint density at radius 1 is 1.10 bits per heavy atom. The largest absolute Gasteiger partial charge is 1.00 e. The molecule has 0 saturated carbocycles. The Bertz CT molecular complexity index is 903. The van der Waals surface area contributed by atoms with E-state index in [1.807, 2.05) is 0 Å². The van der Waals surface area contributed by atoms with Gasteiger partial charge in [0.25, 0.3) is 11.8 Å². The van der Waals surface area contributed by atoms with Crippen LogP contribution in [0.1, 0.15) is 10.4 Å². The highest BCUT2D eigenvalue weighted by Crippen LogP contribution is 2.39. The Balaban J connectivity index is 0.00000300. The molecule has 1 aliphatic rings. The van der Waals surface area contributed by atoms with Gasteiger partial charge in [-0.25, -0.2) is 0 Å². The molecule has 0 saturated heterocycles. The molecule has 0 radical (unpaired) electrons. The predicted octanol–water partition coefficient (Wildman–Crippen LogP) is -0.994. The molecule has 156 valence electrons. The van der Waals surface area contributed by atoms with Crippen LogP contribution < -0.4 is 34.2 Å². The minimum atomic E-state index is -0.322. The minimum absolute atomic E-state index is 0. The molecule has 3 rings (SSSR count). The Morgan fingerprint density at radius 3 is 2.41 bits per heavy atom. The number of rotatable bonds is 6. The van der Waals surface area contributed by atoms with Gasteiger partial charge in [0, 0.05) is 5.02 Å². The third kappa shape index (κ3) is 5.07. The maximum atomic E-state index is 13.4. The number of aliphatic hydroxyl groups is 2. The number of hydrogen-bond acceptors (Lipinski definition) is 4. The summed E-state index contributed by atoms with van der Waals surface area (Å²) in [5.74, 6) is -0.575. The van der Waals surface area contributed by atoms with Crippen LogP contribution in [0, 0.1) is 0 Å². The van der Waals surface area contributed by atoms with Crippen molar-refractivity contribution in [1.29, 1.82) is 0 Å². The Kier molecular flexibility index (Phi) is 8.01. The first-order valence-electron chi connectivity index (χ1n) is 8.97. The van der Waals surface area contributed by atoms with Gasteiger partial charge in [-0.2, -0.15) is 0 Å². The fourth-order valence-electron chi connectivity index (χ4n) is 3.40. The van der Waals surface area contributed by atoms with E-state index in [1.165, 1.54) is 4.90 Å². The lowest BCUT2D eigenvalue weighted by Gasteiger charge is -2.35. The molecule has 0 atom stereocenters. The number of hydrogen-bond donors (Lipinski definition) is 3. The number of amides is 2. The van der Waals surface area contributed by atoms with Gasteiger partial charge in [0.05, 0.1) is 42.9 Å². The molecule has 1 heterocycles. The maximum Gasteiger partial charge on any atom is 0.286 e. The lowest BCUT2D eigenvalue weighted by molar-refractivity contribution is -0.902. The van der Waals surface area contributed by atoms with E-state index in [2.05, 4.69) is 5.32 Å². The molecule has 0 bridgehead atoms. The zero-order valence-corrected chi connectivity index (χ0v) is 18.9. The van der Waals surface area contributed by atoms with Gasteiger partial charge in [0.1, 0.15) is 13.1 Å². The van der Waals surface area contributed by atoms with E-state index in [9.17, 15) is 19.8 Å². The van der Waals surface area contributed by atoms with Gasteiger partial charge in [-0.15, -0.1) is 0 Å². The van der Waals surface area contributed by atoms with Gasteiger partial charge in [0.15, 0.2) is 6.54 Å². The van der Waals surface area contributed by atoms with E-state index < -0.39 is 0 Å². The molecule has 0 aliphatic carbocycles. The van der Waals surface area contributed by atoms with E-state index in [0.717, 1.165) is 0 Å². The van der Waals surface area contributed by atoms with Crippen molar-refractivity contribution in [2.45, 2.75) is 0 Å². The average molecular weight is 532 g/mol. The number of halogens is 2. The standard InChI is InChI=1S/C20H22ClN3O4.HI/c1-24(8-10-25,9-11-26)13-19(27)23-17-5-3-2-4-15(17)20(28)22-16-12-14(21)6-7-18(16)23;/h2-7,12,25-26H,8-11,13H2,1H3;1H. The van der Waals surface area contributed by atoms with E-state index >= 15 is 0 Å². The second kappa shape index (κ2) is 9.86. The summed E-state index contributed by atoms with van der Waals surface area (Å²) in [5.41, 5.74) is 1.82. The van der Waals surface area contributed by atoms with E-state index in [-0.39, 0.29) is 60.0 Å². The number of nitrogens with zero attached hydrogens (tertiary/aromatic N) is 2. The van der Waals surface area contributed by atoms with Crippen molar-refractivity contribution < 1.29 is 48.3 Å². The van der Waals surface area contributed by atoms with Crippen LogP contribution in [-0.2, 0) is 4.79 Å². The van der Waals surface area contributed by atoms with Gasteiger partial charge in [-0.1, -0.05) is 23.7 Å². The Morgan fingerprint density at radius 2 is 1.76 bits per heavy atom. The van der Waals surface area contributed by atoms with E-state index in [4.69, 9.17) is 11.6 Å². The van der Waals surface area contributed by atoms with Crippen LogP contribution in [-0.4, -0.2) is 66.4 Å². The number of quaternary nitrogens is 1. The topological polar surface area (TPSA) is 89.9 Å². The summed E-state index contributed by atoms with van der Waals surface area (Å²) >= 11 is 6.09. The van der Waals surface area contributed by atoms with Gasteiger partial charge in [0.2, 0.25) is 0 Å². The lowest BCUT2D eigenvalue weighted by Crippen LogP contribution is -3.00. The normalized spacial score (nSPS) is 13.0. The summed E-state index contributed by atoms with van der Waals surface area (Å²) in [7, 11) is 1.81. The van der Waals surface area contributed by atoms with Crippen LogP contribution in [0.3, 0.4) is 0 Å². The van der Waals surface area contributed by atoms with Crippen molar-refractivity contribution in [2.75, 3.05) is 50.1 Å². The molecular formula is C20H23ClIN3O4. The predicted molar refractivity (Wildman–Crippen MR) is 108 cm³/mol. The zero-order chi connectivity index (χ0) is 20.3. The smallest absolute Gasteiger partial charge is 0.286 e. The second-order valence-electron chi connectivity index (χ2n) is 7.03. The molecule has 29 heavy (non-hydrogen) atoms. The van der Waals surface area contributed by atoms with Crippen LogP contribution in [0.25, 0.3) is 0 Å². The molecule has 0 aromatic heterocycles. The number of carbonyl (C=O) groups is 2. The van der Waals surface area contributed by atoms with Crippen molar-refractivity contribution in [3.63, 3.8) is 0 Å². The molecule has 0 unspecified atom stereocenters. The molecule has 1 aliphatic heterocycles. The summed E-state index contributed by atoms with van der Waals surface area (Å²) in [6, 6.07) is 11.9. The summed E-state index contributed by atoms with van der Waals surface area (Å²) in [6.45, 7) is 0.490. The fourth-order valence-corrected chi connectivity index (χ4v) is 3.57. The Hall–Kier alpha value is -1.72. The third-order valence-electron chi connectivity index (χ3n) is 4.88. The molecular weight excluding hydrogens is 509 g/mol. The average Bonchev–Trinajstić information content (AvgIpc) is 2.75. The highest BCUT2D eigenvalue weighted by Gasteiger charge is 2.34. The Labute approximate surface area is 191 Å². The van der Waals surface area contributed by atoms with Crippen molar-refractivity contribution in [3.05, 3.63) is 53.1 Å². The van der Waals surface area contributed by atoms with Crippen molar-refractivity contribution in [2.24, 2.45) is 0 Å². The van der Waals surface area contributed by atoms with Crippen LogP contribution in [0.2, 0.25) is 5.02 Å². The van der Waals surface area contributed by atoms with Crippen molar-refractivity contribution in [1.82, 2.24) is 0 Å². The molecule has 2 aromatic carbocycles. The minimum Gasteiger partial charge on any atom is -1.00 e. The highest BCUT2D eigenvalue weighted by molar-refractivity contribution is 6.31.